The third kappa shape index (κ3) is 4.07. The summed E-state index contributed by atoms with van der Waals surface area (Å²) in [4.78, 5) is 5.58. The van der Waals surface area contributed by atoms with E-state index in [1.54, 1.807) is 25.4 Å². The van der Waals surface area contributed by atoms with E-state index in [4.69, 9.17) is 4.74 Å². The van der Waals surface area contributed by atoms with Gasteiger partial charge < -0.3 is 9.72 Å². The molecule has 0 atom stereocenters. The van der Waals surface area contributed by atoms with Crippen LogP contribution in [-0.4, -0.2) is 33.8 Å². The number of benzene rings is 2. The highest BCUT2D eigenvalue weighted by Gasteiger charge is 2.09. The molecule has 4 aromatic rings. The van der Waals surface area contributed by atoms with Crippen LogP contribution in [0.4, 0.5) is 4.39 Å². The van der Waals surface area contributed by atoms with Gasteiger partial charge in [0, 0.05) is 47.6 Å². The van der Waals surface area contributed by atoms with Crippen molar-refractivity contribution in [3.63, 3.8) is 0 Å². The molecule has 0 spiro atoms. The maximum Gasteiger partial charge on any atom is 0.123 e. The number of hydrogen-bond donors (Lipinski definition) is 1. The summed E-state index contributed by atoms with van der Waals surface area (Å²) in [6.45, 7) is 2.21. The largest absolute Gasteiger partial charge is 0.496 e. The van der Waals surface area contributed by atoms with Crippen LogP contribution in [0.2, 0.25) is 0 Å². The molecule has 0 aliphatic carbocycles. The molecule has 0 bridgehead atoms. The molecule has 0 aliphatic rings. The number of rotatable bonds is 7. The maximum absolute atomic E-state index is 13.4. The summed E-state index contributed by atoms with van der Waals surface area (Å²) >= 11 is 0. The first kappa shape index (κ1) is 18.3. The number of nitrogens with one attached hydrogen (secondary N) is 1. The van der Waals surface area contributed by atoms with E-state index < -0.39 is 0 Å². The molecule has 0 saturated heterocycles. The fourth-order valence-corrected chi connectivity index (χ4v) is 3.53. The third-order valence-corrected chi connectivity index (χ3v) is 4.77. The van der Waals surface area contributed by atoms with Crippen LogP contribution in [0.3, 0.4) is 0 Å². The minimum Gasteiger partial charge on any atom is -0.496 e. The van der Waals surface area contributed by atoms with Crippen molar-refractivity contribution in [2.45, 2.75) is 19.6 Å². The van der Waals surface area contributed by atoms with E-state index in [9.17, 15) is 4.39 Å². The molecule has 4 rings (SSSR count). The lowest BCUT2D eigenvalue weighted by Gasteiger charge is -2.17. The first-order chi connectivity index (χ1) is 13.6. The fraction of sp³-hybridized carbons (Fsp3) is 0.227. The molecule has 0 aliphatic heterocycles. The normalized spacial score (nSPS) is 11.4. The Kier molecular flexibility index (Phi) is 5.12. The quantitative estimate of drug-likeness (QED) is 0.524. The van der Waals surface area contributed by atoms with Crippen LogP contribution in [0.5, 0.6) is 5.75 Å². The van der Waals surface area contributed by atoms with Crippen molar-refractivity contribution >= 4 is 10.9 Å². The van der Waals surface area contributed by atoms with Gasteiger partial charge in [-0.1, -0.05) is 6.07 Å². The number of aromatic amines is 1. The monoisotopic (exact) mass is 378 g/mol. The third-order valence-electron chi connectivity index (χ3n) is 4.77. The van der Waals surface area contributed by atoms with Crippen molar-refractivity contribution in [1.82, 2.24) is 19.7 Å². The van der Waals surface area contributed by atoms with Crippen molar-refractivity contribution in [3.8, 4) is 5.75 Å². The summed E-state index contributed by atoms with van der Waals surface area (Å²) in [5.74, 6) is 0.647. The SMILES string of the molecule is COc1ccc(CN(C)Cc2cc3cc(F)ccc3[nH]2)cc1Cn1cccn1. The number of aromatic nitrogens is 3. The van der Waals surface area contributed by atoms with Gasteiger partial charge in [0.2, 0.25) is 0 Å². The van der Waals surface area contributed by atoms with Crippen LogP contribution < -0.4 is 4.74 Å². The van der Waals surface area contributed by atoms with E-state index in [0.717, 1.165) is 41.0 Å². The van der Waals surface area contributed by atoms with Gasteiger partial charge in [0.25, 0.3) is 0 Å². The molecule has 0 amide bonds. The summed E-state index contributed by atoms with van der Waals surface area (Å²) in [7, 11) is 3.76. The number of nitrogens with zero attached hydrogens (tertiary/aromatic N) is 3. The lowest BCUT2D eigenvalue weighted by atomic mass is 10.1. The average molecular weight is 378 g/mol. The van der Waals surface area contributed by atoms with Gasteiger partial charge in [0.05, 0.1) is 13.7 Å². The highest BCUT2D eigenvalue weighted by Crippen LogP contribution is 2.22. The zero-order chi connectivity index (χ0) is 19.5. The second-order valence-electron chi connectivity index (χ2n) is 7.05. The number of H-pyrrole nitrogens is 1. The molecule has 1 N–H and O–H groups in total. The topological polar surface area (TPSA) is 46.1 Å². The average Bonchev–Trinajstić information content (AvgIpc) is 3.30. The second kappa shape index (κ2) is 7.86. The Morgan fingerprint density at radius 3 is 2.82 bits per heavy atom. The van der Waals surface area contributed by atoms with E-state index in [1.807, 2.05) is 29.1 Å². The number of hydrogen-bond acceptors (Lipinski definition) is 3. The summed E-state index contributed by atoms with van der Waals surface area (Å²) in [6, 6.07) is 15.0. The predicted octanol–water partition coefficient (Wildman–Crippen LogP) is 4.19. The lowest BCUT2D eigenvalue weighted by Crippen LogP contribution is -2.17. The van der Waals surface area contributed by atoms with Crippen LogP contribution in [0.15, 0.2) is 60.9 Å². The van der Waals surface area contributed by atoms with E-state index >= 15 is 0 Å². The van der Waals surface area contributed by atoms with E-state index in [0.29, 0.717) is 6.54 Å². The van der Waals surface area contributed by atoms with E-state index in [2.05, 4.69) is 34.2 Å². The van der Waals surface area contributed by atoms with Crippen molar-refractivity contribution in [3.05, 3.63) is 83.6 Å². The zero-order valence-electron chi connectivity index (χ0n) is 16.0. The molecule has 144 valence electrons. The molecule has 28 heavy (non-hydrogen) atoms. The summed E-state index contributed by atoms with van der Waals surface area (Å²) in [5, 5.41) is 5.18. The van der Waals surface area contributed by atoms with Crippen LogP contribution in [0.1, 0.15) is 16.8 Å². The number of ether oxygens (including phenoxy) is 1. The zero-order valence-corrected chi connectivity index (χ0v) is 16.0. The van der Waals surface area contributed by atoms with Gasteiger partial charge in [-0.15, -0.1) is 0 Å². The molecular formula is C22H23FN4O. The standard InChI is InChI=1S/C22H23FN4O/c1-26(15-20-12-17-11-19(23)5-6-21(17)25-20)13-16-4-7-22(28-2)18(10-16)14-27-9-3-8-24-27/h3-12,25H,13-15H2,1-2H3. The molecular weight excluding hydrogens is 355 g/mol. The number of methoxy groups -OCH3 is 1. The number of fused-ring (bicyclic) bond motifs is 1. The van der Waals surface area contributed by atoms with Gasteiger partial charge >= 0.3 is 0 Å². The molecule has 0 radical (unpaired) electrons. The van der Waals surface area contributed by atoms with Gasteiger partial charge in [0.15, 0.2) is 0 Å². The molecule has 5 nitrogen and oxygen atoms in total. The molecule has 2 aromatic heterocycles. The van der Waals surface area contributed by atoms with Crippen molar-refractivity contribution in [2.24, 2.45) is 0 Å². The van der Waals surface area contributed by atoms with Crippen LogP contribution in [-0.2, 0) is 19.6 Å². The van der Waals surface area contributed by atoms with Crippen molar-refractivity contribution in [1.29, 1.82) is 0 Å². The van der Waals surface area contributed by atoms with Gasteiger partial charge in [-0.2, -0.15) is 5.10 Å². The lowest BCUT2D eigenvalue weighted by molar-refractivity contribution is 0.315. The minimum absolute atomic E-state index is 0.214. The smallest absolute Gasteiger partial charge is 0.123 e. The van der Waals surface area contributed by atoms with Gasteiger partial charge in [0.1, 0.15) is 11.6 Å². The number of halogens is 1. The van der Waals surface area contributed by atoms with Gasteiger partial charge in [-0.25, -0.2) is 4.39 Å². The predicted molar refractivity (Wildman–Crippen MR) is 108 cm³/mol. The Balaban J connectivity index is 1.47. The first-order valence-electron chi connectivity index (χ1n) is 9.19. The Labute approximate surface area is 163 Å². The van der Waals surface area contributed by atoms with Crippen LogP contribution in [0, 0.1) is 5.82 Å². The van der Waals surface area contributed by atoms with Crippen molar-refractivity contribution in [2.75, 3.05) is 14.2 Å². The maximum atomic E-state index is 13.4. The van der Waals surface area contributed by atoms with Crippen molar-refractivity contribution < 1.29 is 9.13 Å². The van der Waals surface area contributed by atoms with Gasteiger partial charge in [-0.3, -0.25) is 9.58 Å². The second-order valence-corrected chi connectivity index (χ2v) is 7.05. The molecule has 2 aromatic carbocycles. The van der Waals surface area contributed by atoms with Crippen LogP contribution in [0.25, 0.3) is 10.9 Å². The highest BCUT2D eigenvalue weighted by molar-refractivity contribution is 5.80. The molecule has 0 unspecified atom stereocenters. The summed E-state index contributed by atoms with van der Waals surface area (Å²) < 4.78 is 20.8. The Morgan fingerprint density at radius 2 is 2.04 bits per heavy atom. The molecule has 0 saturated carbocycles. The Hall–Kier alpha value is -3.12. The fourth-order valence-electron chi connectivity index (χ4n) is 3.53. The summed E-state index contributed by atoms with van der Waals surface area (Å²) in [5.41, 5.74) is 4.31. The highest BCUT2D eigenvalue weighted by atomic mass is 19.1. The van der Waals surface area contributed by atoms with E-state index in [-0.39, 0.29) is 5.82 Å². The van der Waals surface area contributed by atoms with E-state index in [1.165, 1.54) is 11.6 Å². The minimum atomic E-state index is -0.214. The molecule has 2 heterocycles. The Morgan fingerprint density at radius 1 is 1.14 bits per heavy atom. The van der Waals surface area contributed by atoms with Gasteiger partial charge in [-0.05, 0) is 55.1 Å². The molecule has 0 fully saturated rings. The van der Waals surface area contributed by atoms with Crippen LogP contribution >= 0.6 is 0 Å². The molecule has 6 heteroatoms. The first-order valence-corrected chi connectivity index (χ1v) is 9.19. The summed E-state index contributed by atoms with van der Waals surface area (Å²) in [6.07, 6.45) is 3.72. The Bertz CT molecular complexity index is 1070.